The molecule has 0 aliphatic heterocycles. The number of benzene rings is 1. The number of carbonyl (C=O) groups excluding carboxylic acids is 1. The topological polar surface area (TPSA) is 79.0 Å². The summed E-state index contributed by atoms with van der Waals surface area (Å²) in [5.41, 5.74) is -0.712. The Hall–Kier alpha value is -2.22. The van der Waals surface area contributed by atoms with Crippen LogP contribution in [-0.2, 0) is 11.3 Å². The summed E-state index contributed by atoms with van der Waals surface area (Å²) in [6.07, 6.45) is 0.689. The molecule has 0 aliphatic rings. The molecule has 0 fully saturated rings. The van der Waals surface area contributed by atoms with Gasteiger partial charge in [-0.2, -0.15) is 9.36 Å². The molecule has 0 saturated carbocycles. The summed E-state index contributed by atoms with van der Waals surface area (Å²) in [5.74, 6) is -0.871. The molecule has 0 spiro atoms. The second-order valence-corrected chi connectivity index (χ2v) is 5.03. The Morgan fingerprint density at radius 1 is 1.41 bits per heavy atom. The number of nitrogens with zero attached hydrogens (tertiary/aromatic N) is 4. The summed E-state index contributed by atoms with van der Waals surface area (Å²) >= 11 is 5.86. The van der Waals surface area contributed by atoms with Crippen molar-refractivity contribution in [2.45, 2.75) is 26.8 Å². The van der Waals surface area contributed by atoms with Gasteiger partial charge in [-0.15, -0.1) is 0 Å². The van der Waals surface area contributed by atoms with Crippen molar-refractivity contribution in [1.82, 2.24) is 19.8 Å². The van der Waals surface area contributed by atoms with E-state index in [1.54, 1.807) is 0 Å². The van der Waals surface area contributed by atoms with E-state index in [4.69, 9.17) is 16.3 Å². The molecule has 0 bridgehead atoms. The van der Waals surface area contributed by atoms with E-state index in [-0.39, 0.29) is 28.8 Å². The Bertz CT molecular complexity index is 756. The number of hydrogen-bond donors (Lipinski definition) is 0. The monoisotopic (exact) mass is 328 g/mol. The van der Waals surface area contributed by atoms with Gasteiger partial charge >= 0.3 is 5.69 Å². The number of ketones is 1. The maximum absolute atomic E-state index is 14.0. The van der Waals surface area contributed by atoms with E-state index in [9.17, 15) is 14.0 Å². The molecule has 0 aliphatic carbocycles. The lowest BCUT2D eigenvalue weighted by Gasteiger charge is -2.09. The Morgan fingerprint density at radius 2 is 2.14 bits per heavy atom. The van der Waals surface area contributed by atoms with Gasteiger partial charge in [0.25, 0.3) is 0 Å². The first-order valence-electron chi connectivity index (χ1n) is 6.58. The molecule has 9 heteroatoms. The molecule has 1 aromatic carbocycles. The number of hydrogen-bond acceptors (Lipinski definition) is 5. The van der Waals surface area contributed by atoms with Crippen LogP contribution in [0, 0.1) is 5.82 Å². The zero-order chi connectivity index (χ0) is 16.3. The van der Waals surface area contributed by atoms with Crippen LogP contribution < -0.4 is 10.4 Å². The van der Waals surface area contributed by atoms with Crippen LogP contribution in [0.4, 0.5) is 4.39 Å². The molecule has 0 N–H and O–H groups in total. The van der Waals surface area contributed by atoms with Crippen molar-refractivity contribution < 1.29 is 13.9 Å². The largest absolute Gasteiger partial charge is 0.484 e. The number of aryl methyl sites for hydroxylation is 1. The lowest BCUT2D eigenvalue weighted by molar-refractivity contribution is -0.118. The summed E-state index contributed by atoms with van der Waals surface area (Å²) in [6.45, 7) is 3.39. The van der Waals surface area contributed by atoms with E-state index in [1.807, 2.05) is 6.92 Å². The third-order valence-electron chi connectivity index (χ3n) is 2.74. The molecule has 2 aromatic rings. The van der Waals surface area contributed by atoms with E-state index >= 15 is 0 Å². The SMILES string of the molecule is CCCn1nnn(-c2cc(OCC(C)=O)c(Cl)cc2F)c1=O. The summed E-state index contributed by atoms with van der Waals surface area (Å²) in [7, 11) is 0. The fourth-order valence-electron chi connectivity index (χ4n) is 1.75. The van der Waals surface area contributed by atoms with Crippen LogP contribution in [0.2, 0.25) is 5.02 Å². The molecular formula is C13H14ClFN4O3. The van der Waals surface area contributed by atoms with Crippen LogP contribution >= 0.6 is 11.6 Å². The molecule has 0 amide bonds. The van der Waals surface area contributed by atoms with Crippen molar-refractivity contribution in [3.63, 3.8) is 0 Å². The highest BCUT2D eigenvalue weighted by Gasteiger charge is 2.16. The van der Waals surface area contributed by atoms with E-state index < -0.39 is 11.5 Å². The van der Waals surface area contributed by atoms with Crippen LogP contribution in [0.1, 0.15) is 20.3 Å². The second-order valence-electron chi connectivity index (χ2n) is 4.62. The summed E-state index contributed by atoms with van der Waals surface area (Å²) in [4.78, 5) is 23.0. The van der Waals surface area contributed by atoms with Crippen LogP contribution in [0.5, 0.6) is 5.75 Å². The molecule has 0 saturated heterocycles. The van der Waals surface area contributed by atoms with Gasteiger partial charge in [0, 0.05) is 12.6 Å². The molecule has 0 unspecified atom stereocenters. The molecule has 1 heterocycles. The number of rotatable bonds is 6. The zero-order valence-corrected chi connectivity index (χ0v) is 12.8. The quantitative estimate of drug-likeness (QED) is 0.804. The minimum absolute atomic E-state index is 0.00324. The van der Waals surface area contributed by atoms with Crippen LogP contribution in [0.25, 0.3) is 5.69 Å². The molecule has 0 radical (unpaired) electrons. The van der Waals surface area contributed by atoms with Crippen molar-refractivity contribution in [2.24, 2.45) is 0 Å². The number of Topliss-reactive ketones (excluding diaryl/α,β-unsaturated/α-hetero) is 1. The highest BCUT2D eigenvalue weighted by atomic mass is 35.5. The number of halogens is 2. The molecular weight excluding hydrogens is 315 g/mol. The zero-order valence-electron chi connectivity index (χ0n) is 12.0. The third kappa shape index (κ3) is 3.33. The first kappa shape index (κ1) is 16.2. The van der Waals surface area contributed by atoms with E-state index in [0.29, 0.717) is 13.0 Å². The minimum atomic E-state index is -0.745. The summed E-state index contributed by atoms with van der Waals surface area (Å²) in [6, 6.07) is 2.21. The molecule has 7 nitrogen and oxygen atoms in total. The third-order valence-corrected chi connectivity index (χ3v) is 3.03. The van der Waals surface area contributed by atoms with Gasteiger partial charge in [-0.05, 0) is 29.8 Å². The van der Waals surface area contributed by atoms with Gasteiger partial charge in [-0.25, -0.2) is 9.18 Å². The number of carbonyl (C=O) groups is 1. The molecule has 2 rings (SSSR count). The Labute approximate surface area is 130 Å². The summed E-state index contributed by atoms with van der Waals surface area (Å²) < 4.78 is 21.2. The van der Waals surface area contributed by atoms with Gasteiger partial charge in [0.15, 0.2) is 11.6 Å². The maximum Gasteiger partial charge on any atom is 0.368 e. The molecule has 1 aromatic heterocycles. The molecule has 0 atom stereocenters. The smallest absolute Gasteiger partial charge is 0.368 e. The Morgan fingerprint density at radius 3 is 2.77 bits per heavy atom. The van der Waals surface area contributed by atoms with Crippen LogP contribution in [0.15, 0.2) is 16.9 Å². The lowest BCUT2D eigenvalue weighted by atomic mass is 10.3. The van der Waals surface area contributed by atoms with Crippen molar-refractivity contribution >= 4 is 17.4 Å². The van der Waals surface area contributed by atoms with Crippen molar-refractivity contribution in [1.29, 1.82) is 0 Å². The minimum Gasteiger partial charge on any atom is -0.484 e. The standard InChI is InChI=1S/C13H14ClFN4O3/c1-3-4-18-13(21)19(17-16-18)11-6-12(22-7-8(2)20)9(14)5-10(11)15/h5-6H,3-4,7H2,1-2H3. The van der Waals surface area contributed by atoms with Gasteiger partial charge in [0.05, 0.1) is 5.02 Å². The average molecular weight is 329 g/mol. The fraction of sp³-hybridized carbons (Fsp3) is 0.385. The molecule has 22 heavy (non-hydrogen) atoms. The van der Waals surface area contributed by atoms with E-state index in [2.05, 4.69) is 10.4 Å². The van der Waals surface area contributed by atoms with Gasteiger partial charge in [-0.1, -0.05) is 18.5 Å². The predicted molar refractivity (Wildman–Crippen MR) is 77.1 cm³/mol. The number of ether oxygens (including phenoxy) is 1. The van der Waals surface area contributed by atoms with Gasteiger partial charge < -0.3 is 4.74 Å². The van der Waals surface area contributed by atoms with Gasteiger partial charge in [0.1, 0.15) is 18.0 Å². The first-order chi connectivity index (χ1) is 10.4. The Balaban J connectivity index is 2.44. The first-order valence-corrected chi connectivity index (χ1v) is 6.96. The van der Waals surface area contributed by atoms with Gasteiger partial charge in [-0.3, -0.25) is 4.79 Å². The summed E-state index contributed by atoms with van der Waals surface area (Å²) in [5, 5.41) is 7.31. The highest BCUT2D eigenvalue weighted by Crippen LogP contribution is 2.29. The van der Waals surface area contributed by atoms with E-state index in [0.717, 1.165) is 15.4 Å². The average Bonchev–Trinajstić information content (AvgIpc) is 2.80. The highest BCUT2D eigenvalue weighted by molar-refractivity contribution is 6.32. The fourth-order valence-corrected chi connectivity index (χ4v) is 1.95. The van der Waals surface area contributed by atoms with Gasteiger partial charge in [0.2, 0.25) is 0 Å². The molecule has 118 valence electrons. The number of aromatic nitrogens is 4. The van der Waals surface area contributed by atoms with E-state index in [1.165, 1.54) is 13.0 Å². The van der Waals surface area contributed by atoms with Crippen molar-refractivity contribution in [2.75, 3.05) is 6.61 Å². The maximum atomic E-state index is 14.0. The second kappa shape index (κ2) is 6.69. The van der Waals surface area contributed by atoms with Crippen molar-refractivity contribution in [3.05, 3.63) is 33.5 Å². The number of tetrazole rings is 1. The normalized spacial score (nSPS) is 10.7. The van der Waals surface area contributed by atoms with Crippen LogP contribution in [0.3, 0.4) is 0 Å². The lowest BCUT2D eigenvalue weighted by Crippen LogP contribution is -2.25. The Kier molecular flexibility index (Phi) is 4.92. The van der Waals surface area contributed by atoms with Crippen LogP contribution in [-0.4, -0.2) is 32.2 Å². The predicted octanol–water partition coefficient (Wildman–Crippen LogP) is 1.60. The van der Waals surface area contributed by atoms with Crippen molar-refractivity contribution in [3.8, 4) is 11.4 Å².